The van der Waals surface area contributed by atoms with Gasteiger partial charge in [0.1, 0.15) is 5.75 Å². The molecule has 0 saturated carbocycles. The molecule has 2 rings (SSSR count). The number of carboxylic acids is 1. The summed E-state index contributed by atoms with van der Waals surface area (Å²) in [4.78, 5) is 14.8. The van der Waals surface area contributed by atoms with E-state index >= 15 is 0 Å². The van der Waals surface area contributed by atoms with Crippen LogP contribution in [0.3, 0.4) is 0 Å². The fourth-order valence-electron chi connectivity index (χ4n) is 1.85. The Morgan fingerprint density at radius 1 is 1.39 bits per heavy atom. The number of aromatic nitrogens is 1. The number of hydrogen-bond donors (Lipinski definition) is 1. The van der Waals surface area contributed by atoms with Gasteiger partial charge in [-0.3, -0.25) is 9.78 Å². The van der Waals surface area contributed by atoms with Gasteiger partial charge < -0.3 is 9.84 Å². The van der Waals surface area contributed by atoms with Crippen LogP contribution in [0.15, 0.2) is 30.5 Å². The highest BCUT2D eigenvalue weighted by Gasteiger charge is 2.02. The van der Waals surface area contributed by atoms with Gasteiger partial charge >= 0.3 is 5.97 Å². The zero-order valence-electron chi connectivity index (χ0n) is 10.2. The summed E-state index contributed by atoms with van der Waals surface area (Å²) in [5, 5.41) is 9.64. The molecule has 94 valence electrons. The number of carboxylic acid groups (broad SMARTS) is 1. The van der Waals surface area contributed by atoms with Gasteiger partial charge in [0.25, 0.3) is 0 Å². The Kier molecular flexibility index (Phi) is 3.77. The molecule has 0 unspecified atom stereocenters. The van der Waals surface area contributed by atoms with Crippen LogP contribution in [0.1, 0.15) is 18.4 Å². The molecule has 0 amide bonds. The number of hydrogen-bond acceptors (Lipinski definition) is 3. The number of carbonyl (C=O) groups is 1. The smallest absolute Gasteiger partial charge is 0.303 e. The molecule has 1 heterocycles. The van der Waals surface area contributed by atoms with E-state index in [0.717, 1.165) is 28.6 Å². The lowest BCUT2D eigenvalue weighted by Crippen LogP contribution is -1.96. The first-order valence-corrected chi connectivity index (χ1v) is 5.83. The summed E-state index contributed by atoms with van der Waals surface area (Å²) in [6.07, 6.45) is 3.37. The van der Waals surface area contributed by atoms with Gasteiger partial charge in [-0.15, -0.1) is 0 Å². The number of fused-ring (bicyclic) bond motifs is 1. The Morgan fingerprint density at radius 3 is 2.94 bits per heavy atom. The van der Waals surface area contributed by atoms with Crippen LogP contribution in [0.25, 0.3) is 10.9 Å². The molecule has 0 fully saturated rings. The van der Waals surface area contributed by atoms with Crippen molar-refractivity contribution in [3.05, 3.63) is 36.0 Å². The minimum Gasteiger partial charge on any atom is -0.497 e. The standard InChI is InChI=1S/C14H15NO3/c1-18-12-6-5-11-7-10(3-2-4-14(16)17)9-15-13(11)8-12/h5-9H,2-4H2,1H3,(H,16,17). The van der Waals surface area contributed by atoms with Crippen molar-refractivity contribution in [2.45, 2.75) is 19.3 Å². The Morgan fingerprint density at radius 2 is 2.22 bits per heavy atom. The zero-order chi connectivity index (χ0) is 13.0. The number of aryl methyl sites for hydroxylation is 1. The second kappa shape index (κ2) is 5.49. The minimum absolute atomic E-state index is 0.195. The van der Waals surface area contributed by atoms with Crippen molar-refractivity contribution in [3.63, 3.8) is 0 Å². The summed E-state index contributed by atoms with van der Waals surface area (Å²) in [7, 11) is 1.63. The van der Waals surface area contributed by atoms with Crippen molar-refractivity contribution in [1.82, 2.24) is 4.98 Å². The Balaban J connectivity index is 2.15. The van der Waals surface area contributed by atoms with Gasteiger partial charge in [-0.2, -0.15) is 0 Å². The van der Waals surface area contributed by atoms with E-state index in [1.165, 1.54) is 0 Å². The first-order valence-electron chi connectivity index (χ1n) is 5.83. The second-order valence-electron chi connectivity index (χ2n) is 4.15. The van der Waals surface area contributed by atoms with E-state index < -0.39 is 5.97 Å². The van der Waals surface area contributed by atoms with Crippen LogP contribution >= 0.6 is 0 Å². The molecular formula is C14H15NO3. The third-order valence-corrected chi connectivity index (χ3v) is 2.80. The largest absolute Gasteiger partial charge is 0.497 e. The Labute approximate surface area is 105 Å². The summed E-state index contributed by atoms with van der Waals surface area (Å²) < 4.78 is 5.14. The molecule has 1 N–H and O–H groups in total. The number of aliphatic carboxylic acids is 1. The highest BCUT2D eigenvalue weighted by atomic mass is 16.5. The van der Waals surface area contributed by atoms with E-state index in [4.69, 9.17) is 9.84 Å². The predicted molar refractivity (Wildman–Crippen MR) is 68.9 cm³/mol. The number of nitrogens with zero attached hydrogens (tertiary/aromatic N) is 1. The number of benzene rings is 1. The summed E-state index contributed by atoms with van der Waals surface area (Å²) in [6, 6.07) is 7.78. The minimum atomic E-state index is -0.756. The van der Waals surface area contributed by atoms with E-state index in [0.29, 0.717) is 6.42 Å². The molecule has 0 radical (unpaired) electrons. The summed E-state index contributed by atoms with van der Waals surface area (Å²) in [5.41, 5.74) is 1.95. The van der Waals surface area contributed by atoms with Gasteiger partial charge in [0.15, 0.2) is 0 Å². The van der Waals surface area contributed by atoms with Crippen molar-refractivity contribution in [2.24, 2.45) is 0 Å². The van der Waals surface area contributed by atoms with Crippen LogP contribution in [-0.4, -0.2) is 23.2 Å². The molecule has 0 bridgehead atoms. The van der Waals surface area contributed by atoms with E-state index in [2.05, 4.69) is 4.98 Å². The molecule has 0 aliphatic carbocycles. The van der Waals surface area contributed by atoms with Crippen molar-refractivity contribution < 1.29 is 14.6 Å². The molecule has 4 nitrogen and oxygen atoms in total. The van der Waals surface area contributed by atoms with E-state index in [1.807, 2.05) is 24.3 Å². The van der Waals surface area contributed by atoms with E-state index in [-0.39, 0.29) is 6.42 Å². The first-order chi connectivity index (χ1) is 8.69. The van der Waals surface area contributed by atoms with Crippen molar-refractivity contribution in [1.29, 1.82) is 0 Å². The molecule has 0 atom stereocenters. The zero-order valence-corrected chi connectivity index (χ0v) is 10.2. The summed E-state index contributed by atoms with van der Waals surface area (Å²) in [6.45, 7) is 0. The second-order valence-corrected chi connectivity index (χ2v) is 4.15. The molecule has 2 aromatic rings. The number of pyridine rings is 1. The lowest BCUT2D eigenvalue weighted by atomic mass is 10.1. The number of rotatable bonds is 5. The van der Waals surface area contributed by atoms with Crippen LogP contribution in [0.5, 0.6) is 5.75 Å². The molecule has 4 heteroatoms. The third kappa shape index (κ3) is 2.97. The van der Waals surface area contributed by atoms with Crippen LogP contribution in [0.2, 0.25) is 0 Å². The lowest BCUT2D eigenvalue weighted by Gasteiger charge is -2.04. The van der Waals surface area contributed by atoms with Gasteiger partial charge in [-0.1, -0.05) is 0 Å². The molecule has 1 aromatic heterocycles. The summed E-state index contributed by atoms with van der Waals surface area (Å²) in [5.74, 6) is 0.0297. The molecule has 0 aliphatic heterocycles. The maximum absolute atomic E-state index is 10.4. The topological polar surface area (TPSA) is 59.4 Å². The monoisotopic (exact) mass is 245 g/mol. The van der Waals surface area contributed by atoms with Gasteiger partial charge in [-0.05, 0) is 36.6 Å². The average Bonchev–Trinajstić information content (AvgIpc) is 2.37. The maximum Gasteiger partial charge on any atom is 0.303 e. The SMILES string of the molecule is COc1ccc2cc(CCCC(=O)O)cnc2c1. The molecule has 1 aromatic carbocycles. The van der Waals surface area contributed by atoms with Crippen LogP contribution in [0.4, 0.5) is 0 Å². The Bertz CT molecular complexity index is 566. The molecule has 0 spiro atoms. The molecule has 0 saturated heterocycles. The highest BCUT2D eigenvalue weighted by molar-refractivity contribution is 5.80. The van der Waals surface area contributed by atoms with Gasteiger partial charge in [0, 0.05) is 24.1 Å². The normalized spacial score (nSPS) is 10.5. The predicted octanol–water partition coefficient (Wildman–Crippen LogP) is 2.65. The number of methoxy groups -OCH3 is 1. The van der Waals surface area contributed by atoms with Gasteiger partial charge in [-0.25, -0.2) is 0 Å². The average molecular weight is 245 g/mol. The lowest BCUT2D eigenvalue weighted by molar-refractivity contribution is -0.137. The van der Waals surface area contributed by atoms with E-state index in [9.17, 15) is 4.79 Å². The van der Waals surface area contributed by atoms with Crippen LogP contribution in [0, 0.1) is 0 Å². The number of ether oxygens (including phenoxy) is 1. The molecular weight excluding hydrogens is 230 g/mol. The van der Waals surface area contributed by atoms with Gasteiger partial charge in [0.2, 0.25) is 0 Å². The van der Waals surface area contributed by atoms with Crippen LogP contribution in [-0.2, 0) is 11.2 Å². The fourth-order valence-corrected chi connectivity index (χ4v) is 1.85. The van der Waals surface area contributed by atoms with Crippen LogP contribution < -0.4 is 4.74 Å². The van der Waals surface area contributed by atoms with Crippen molar-refractivity contribution >= 4 is 16.9 Å². The Hall–Kier alpha value is -2.10. The summed E-state index contributed by atoms with van der Waals surface area (Å²) >= 11 is 0. The molecule has 18 heavy (non-hydrogen) atoms. The third-order valence-electron chi connectivity index (χ3n) is 2.80. The highest BCUT2D eigenvalue weighted by Crippen LogP contribution is 2.20. The quantitative estimate of drug-likeness (QED) is 0.879. The van der Waals surface area contributed by atoms with Gasteiger partial charge in [0.05, 0.1) is 12.6 Å². The van der Waals surface area contributed by atoms with Crippen molar-refractivity contribution in [2.75, 3.05) is 7.11 Å². The fraction of sp³-hybridized carbons (Fsp3) is 0.286. The van der Waals surface area contributed by atoms with E-state index in [1.54, 1.807) is 13.3 Å². The first kappa shape index (κ1) is 12.4. The van der Waals surface area contributed by atoms with Crippen molar-refractivity contribution in [3.8, 4) is 5.75 Å². The maximum atomic E-state index is 10.4. The molecule has 0 aliphatic rings.